The zero-order valence-electron chi connectivity index (χ0n) is 21.6. The van der Waals surface area contributed by atoms with E-state index in [2.05, 4.69) is 19.9 Å². The largest absolute Gasteiger partial charge is 0.481 e. The first kappa shape index (κ1) is 29.1. The van der Waals surface area contributed by atoms with Crippen molar-refractivity contribution in [1.29, 1.82) is 5.26 Å². The van der Waals surface area contributed by atoms with Gasteiger partial charge in [0.25, 0.3) is 0 Å². The predicted octanol–water partition coefficient (Wildman–Crippen LogP) is 4.64. The van der Waals surface area contributed by atoms with Gasteiger partial charge in [-0.1, -0.05) is 46.3 Å². The Hall–Kier alpha value is -2.17. The standard InChI is InChI=1S/C28H43NO6/c1-17-12-18(2)14-20(4)27(32)21(16-29)8-5-6-11-25(22-9-7-10-23(22)28(33)34)35-26(31)15-24(30)19(3)13-17/h5-6,8,17-20,22-25,27,30,32H,7,9-15H2,1-4H3,(H,33,34)/b6-5+,21-8-/t17-,18+,19-,20-,22+,23+,24-,25-,27-/m0/s1. The fourth-order valence-corrected chi connectivity index (χ4v) is 5.97. The fraction of sp³-hybridized carbons (Fsp3) is 0.750. The number of cyclic esters (lactones) is 1. The Morgan fingerprint density at radius 2 is 1.71 bits per heavy atom. The van der Waals surface area contributed by atoms with Crippen molar-refractivity contribution in [2.75, 3.05) is 0 Å². The number of nitriles is 1. The van der Waals surface area contributed by atoms with Crippen molar-refractivity contribution < 1.29 is 29.6 Å². The predicted molar refractivity (Wildman–Crippen MR) is 133 cm³/mol. The molecule has 196 valence electrons. The summed E-state index contributed by atoms with van der Waals surface area (Å²) >= 11 is 0. The van der Waals surface area contributed by atoms with E-state index in [0.29, 0.717) is 31.1 Å². The van der Waals surface area contributed by atoms with E-state index in [1.165, 1.54) is 0 Å². The maximum absolute atomic E-state index is 12.7. The zero-order valence-corrected chi connectivity index (χ0v) is 21.6. The van der Waals surface area contributed by atoms with Crippen molar-refractivity contribution in [3.8, 4) is 6.07 Å². The van der Waals surface area contributed by atoms with Gasteiger partial charge in [0, 0.05) is 12.3 Å². The third kappa shape index (κ3) is 8.77. The molecule has 0 aromatic carbocycles. The smallest absolute Gasteiger partial charge is 0.308 e. The third-order valence-corrected chi connectivity index (χ3v) is 7.80. The van der Waals surface area contributed by atoms with Gasteiger partial charge in [0.15, 0.2) is 0 Å². The van der Waals surface area contributed by atoms with Gasteiger partial charge < -0.3 is 20.1 Å². The molecule has 2 rings (SSSR count). The summed E-state index contributed by atoms with van der Waals surface area (Å²) in [6.45, 7) is 8.16. The van der Waals surface area contributed by atoms with Gasteiger partial charge in [-0.25, -0.2) is 0 Å². The summed E-state index contributed by atoms with van der Waals surface area (Å²) in [7, 11) is 0. The highest BCUT2D eigenvalue weighted by atomic mass is 16.5. The molecule has 0 aromatic rings. The van der Waals surface area contributed by atoms with Crippen LogP contribution in [0.25, 0.3) is 0 Å². The van der Waals surface area contributed by atoms with Gasteiger partial charge in [-0.05, 0) is 61.9 Å². The number of rotatable bonds is 2. The lowest BCUT2D eigenvalue weighted by Gasteiger charge is -2.28. The van der Waals surface area contributed by atoms with Gasteiger partial charge in [-0.3, -0.25) is 9.59 Å². The number of carbonyl (C=O) groups is 2. The molecule has 35 heavy (non-hydrogen) atoms. The van der Waals surface area contributed by atoms with Crippen LogP contribution in [0.5, 0.6) is 0 Å². The molecule has 0 bridgehead atoms. The number of carboxylic acids is 1. The highest BCUT2D eigenvalue weighted by molar-refractivity contribution is 5.72. The summed E-state index contributed by atoms with van der Waals surface area (Å²) in [5.41, 5.74) is 0.282. The number of carboxylic acid groups (broad SMARTS) is 1. The average Bonchev–Trinajstić information content (AvgIpc) is 3.27. The van der Waals surface area contributed by atoms with Crippen LogP contribution in [0.15, 0.2) is 23.8 Å². The second-order valence-electron chi connectivity index (χ2n) is 11.1. The molecule has 0 radical (unpaired) electrons. The van der Waals surface area contributed by atoms with Crippen LogP contribution in [0, 0.1) is 46.8 Å². The minimum absolute atomic E-state index is 0.0816. The summed E-state index contributed by atoms with van der Waals surface area (Å²) < 4.78 is 5.77. The summed E-state index contributed by atoms with van der Waals surface area (Å²) in [4.78, 5) is 24.5. The molecule has 1 fully saturated rings. The number of nitrogens with zero attached hydrogens (tertiary/aromatic N) is 1. The van der Waals surface area contributed by atoms with Crippen LogP contribution >= 0.6 is 0 Å². The molecule has 2 aliphatic rings. The lowest BCUT2D eigenvalue weighted by Crippen LogP contribution is -2.34. The number of aliphatic hydroxyl groups is 2. The van der Waals surface area contributed by atoms with E-state index >= 15 is 0 Å². The summed E-state index contributed by atoms with van der Waals surface area (Å²) in [5.74, 6) is -1.77. The second kappa shape index (κ2) is 13.8. The van der Waals surface area contributed by atoms with Crippen LogP contribution in [0.4, 0.5) is 0 Å². The first-order chi connectivity index (χ1) is 16.5. The van der Waals surface area contributed by atoms with Gasteiger partial charge in [0.2, 0.25) is 0 Å². The van der Waals surface area contributed by atoms with Gasteiger partial charge >= 0.3 is 11.9 Å². The van der Waals surface area contributed by atoms with Crippen LogP contribution in [0.2, 0.25) is 0 Å². The number of allylic oxidation sites excluding steroid dienone is 2. The number of esters is 1. The van der Waals surface area contributed by atoms with Gasteiger partial charge in [-0.15, -0.1) is 0 Å². The molecule has 7 nitrogen and oxygen atoms in total. The maximum Gasteiger partial charge on any atom is 0.308 e. The molecule has 1 saturated carbocycles. The van der Waals surface area contributed by atoms with E-state index in [9.17, 15) is 30.2 Å². The fourth-order valence-electron chi connectivity index (χ4n) is 5.97. The molecule has 0 unspecified atom stereocenters. The molecule has 1 aliphatic carbocycles. The Morgan fingerprint density at radius 3 is 2.34 bits per heavy atom. The Kier molecular flexibility index (Phi) is 11.5. The highest BCUT2D eigenvalue weighted by Crippen LogP contribution is 2.37. The van der Waals surface area contributed by atoms with Gasteiger partial charge in [0.05, 0.1) is 36.2 Å². The number of hydrogen-bond donors (Lipinski definition) is 3. The van der Waals surface area contributed by atoms with Crippen LogP contribution in [0.3, 0.4) is 0 Å². The summed E-state index contributed by atoms with van der Waals surface area (Å²) in [6, 6.07) is 2.10. The lowest BCUT2D eigenvalue weighted by molar-refractivity contribution is -0.159. The van der Waals surface area contributed by atoms with Gasteiger partial charge in [0.1, 0.15) is 6.10 Å². The normalized spacial score (nSPS) is 40.9. The van der Waals surface area contributed by atoms with Crippen LogP contribution < -0.4 is 0 Å². The molecule has 3 N–H and O–H groups in total. The summed E-state index contributed by atoms with van der Waals surface area (Å²) in [6.07, 6.45) is 7.33. The highest BCUT2D eigenvalue weighted by Gasteiger charge is 2.39. The number of ether oxygens (including phenoxy) is 1. The number of hydrogen-bond acceptors (Lipinski definition) is 6. The molecule has 0 amide bonds. The minimum Gasteiger partial charge on any atom is -0.481 e. The Labute approximate surface area is 209 Å². The number of aliphatic carboxylic acids is 1. The Bertz CT molecular complexity index is 815. The summed E-state index contributed by atoms with van der Waals surface area (Å²) in [5, 5.41) is 40.6. The molecular weight excluding hydrogens is 446 g/mol. The average molecular weight is 490 g/mol. The Morgan fingerprint density at radius 1 is 1.06 bits per heavy atom. The van der Waals surface area contributed by atoms with Crippen molar-refractivity contribution in [3.05, 3.63) is 23.8 Å². The first-order valence-electron chi connectivity index (χ1n) is 13.1. The number of aliphatic hydroxyl groups excluding tert-OH is 2. The second-order valence-corrected chi connectivity index (χ2v) is 11.1. The molecule has 0 aromatic heterocycles. The van der Waals surface area contributed by atoms with E-state index < -0.39 is 36.2 Å². The van der Waals surface area contributed by atoms with Crippen LogP contribution in [-0.4, -0.2) is 45.6 Å². The zero-order chi connectivity index (χ0) is 26.1. The van der Waals surface area contributed by atoms with Crippen molar-refractivity contribution in [2.24, 2.45) is 35.5 Å². The maximum atomic E-state index is 12.7. The van der Waals surface area contributed by atoms with E-state index in [0.717, 1.165) is 25.7 Å². The van der Waals surface area contributed by atoms with E-state index in [1.807, 2.05) is 13.8 Å². The van der Waals surface area contributed by atoms with Crippen molar-refractivity contribution in [3.63, 3.8) is 0 Å². The molecule has 0 saturated heterocycles. The molecular formula is C28H43NO6. The van der Waals surface area contributed by atoms with Crippen LogP contribution in [-0.2, 0) is 14.3 Å². The number of carbonyl (C=O) groups excluding carboxylic acids is 1. The van der Waals surface area contributed by atoms with E-state index in [1.54, 1.807) is 18.2 Å². The lowest BCUT2D eigenvalue weighted by atomic mass is 9.82. The molecule has 0 spiro atoms. The monoisotopic (exact) mass is 489 g/mol. The molecule has 1 aliphatic heterocycles. The SMILES string of the molecule is C[C@@H]1C[C@H](C)C[C@H](C)[C@@H](O)CC(=O)O[C@H]([C@@H]2CCC[C@H]2C(=O)O)C/C=C/C=C(/C#N)[C@@H](O)[C@@H](C)C1. The van der Waals surface area contributed by atoms with Gasteiger partial charge in [-0.2, -0.15) is 5.26 Å². The quantitative estimate of drug-likeness (QED) is 0.482. The topological polar surface area (TPSA) is 128 Å². The minimum atomic E-state index is -0.882. The van der Waals surface area contributed by atoms with Crippen molar-refractivity contribution in [2.45, 2.75) is 97.4 Å². The molecule has 9 atom stereocenters. The van der Waals surface area contributed by atoms with Crippen molar-refractivity contribution in [1.82, 2.24) is 0 Å². The Balaban J connectivity index is 2.30. The van der Waals surface area contributed by atoms with Crippen molar-refractivity contribution >= 4 is 11.9 Å². The molecule has 7 heteroatoms. The van der Waals surface area contributed by atoms with E-state index in [-0.39, 0.29) is 29.7 Å². The molecule has 1 heterocycles. The van der Waals surface area contributed by atoms with E-state index in [4.69, 9.17) is 4.74 Å². The van der Waals surface area contributed by atoms with Crippen LogP contribution in [0.1, 0.15) is 79.1 Å². The third-order valence-electron chi connectivity index (χ3n) is 7.80. The first-order valence-corrected chi connectivity index (χ1v) is 13.1.